The Morgan fingerprint density at radius 2 is 2.38 bits per heavy atom. The minimum Gasteiger partial charge on any atom is -0.331 e. The molecular formula is C12H19FN2O. The van der Waals surface area contributed by atoms with Crippen LogP contribution in [0.25, 0.3) is 0 Å². The third-order valence-corrected chi connectivity index (χ3v) is 2.99. The van der Waals surface area contributed by atoms with E-state index < -0.39 is 5.41 Å². The summed E-state index contributed by atoms with van der Waals surface area (Å²) in [4.78, 5) is 13.2. The van der Waals surface area contributed by atoms with Crippen molar-refractivity contribution in [3.8, 4) is 11.8 Å². The van der Waals surface area contributed by atoms with E-state index >= 15 is 0 Å². The van der Waals surface area contributed by atoms with Gasteiger partial charge in [0.2, 0.25) is 0 Å². The predicted molar refractivity (Wildman–Crippen MR) is 61.6 cm³/mol. The zero-order valence-electron chi connectivity index (χ0n) is 9.98. The summed E-state index contributed by atoms with van der Waals surface area (Å²) in [7, 11) is 0. The number of nitrogens with one attached hydrogen (secondary N) is 1. The van der Waals surface area contributed by atoms with E-state index in [2.05, 4.69) is 17.2 Å². The molecule has 0 spiro atoms. The number of hydrogen-bond acceptors (Lipinski definition) is 2. The molecule has 0 bridgehead atoms. The Balaban J connectivity index is 2.58. The molecule has 0 radical (unpaired) electrons. The van der Waals surface area contributed by atoms with E-state index in [4.69, 9.17) is 0 Å². The molecule has 1 aliphatic heterocycles. The van der Waals surface area contributed by atoms with Gasteiger partial charge in [0.15, 0.2) is 0 Å². The van der Waals surface area contributed by atoms with Crippen molar-refractivity contribution in [1.82, 2.24) is 10.2 Å². The molecule has 1 fully saturated rings. The minimum atomic E-state index is -0.402. The van der Waals surface area contributed by atoms with Crippen molar-refractivity contribution in [2.24, 2.45) is 5.41 Å². The van der Waals surface area contributed by atoms with Gasteiger partial charge in [-0.1, -0.05) is 12.8 Å². The highest BCUT2D eigenvalue weighted by Gasteiger charge is 2.39. The van der Waals surface area contributed by atoms with Gasteiger partial charge in [-0.05, 0) is 25.8 Å². The fraction of sp³-hybridized carbons (Fsp3) is 0.750. The molecule has 0 aromatic rings. The second-order valence-electron chi connectivity index (χ2n) is 4.27. The predicted octanol–water partition coefficient (Wildman–Crippen LogP) is 0.807. The summed E-state index contributed by atoms with van der Waals surface area (Å²) in [5.74, 6) is 4.90. The van der Waals surface area contributed by atoms with Gasteiger partial charge in [0.05, 0.1) is 6.67 Å². The normalized spacial score (nSPS) is 24.1. The van der Waals surface area contributed by atoms with E-state index in [0.717, 1.165) is 6.54 Å². The third-order valence-electron chi connectivity index (χ3n) is 2.99. The SMILES string of the molecule is CC#CC(=O)N1CC[C@](CF)(CNCC)C1. The van der Waals surface area contributed by atoms with Crippen LogP contribution in [0.3, 0.4) is 0 Å². The quantitative estimate of drug-likeness (QED) is 0.719. The molecule has 0 aliphatic carbocycles. The van der Waals surface area contributed by atoms with Gasteiger partial charge in [-0.2, -0.15) is 0 Å². The maximum atomic E-state index is 13.1. The Morgan fingerprint density at radius 3 is 2.94 bits per heavy atom. The van der Waals surface area contributed by atoms with Gasteiger partial charge in [-0.25, -0.2) is 0 Å². The molecule has 1 atom stereocenters. The van der Waals surface area contributed by atoms with Crippen molar-refractivity contribution >= 4 is 5.91 Å². The van der Waals surface area contributed by atoms with E-state index in [1.165, 1.54) is 0 Å². The molecule has 0 aromatic heterocycles. The van der Waals surface area contributed by atoms with Gasteiger partial charge < -0.3 is 10.2 Å². The molecule has 1 rings (SSSR count). The lowest BCUT2D eigenvalue weighted by Gasteiger charge is -2.25. The van der Waals surface area contributed by atoms with Gasteiger partial charge in [-0.3, -0.25) is 9.18 Å². The number of hydrogen-bond donors (Lipinski definition) is 1. The Morgan fingerprint density at radius 1 is 1.62 bits per heavy atom. The number of nitrogens with zero attached hydrogens (tertiary/aromatic N) is 1. The second kappa shape index (κ2) is 5.86. The van der Waals surface area contributed by atoms with Crippen LogP contribution >= 0.6 is 0 Å². The molecule has 0 saturated carbocycles. The van der Waals surface area contributed by atoms with Crippen LogP contribution in [-0.4, -0.2) is 43.7 Å². The van der Waals surface area contributed by atoms with Crippen LogP contribution in [0.15, 0.2) is 0 Å². The average Bonchev–Trinajstić information content (AvgIpc) is 2.72. The van der Waals surface area contributed by atoms with Gasteiger partial charge in [-0.15, -0.1) is 0 Å². The van der Waals surface area contributed by atoms with Crippen LogP contribution in [0, 0.1) is 17.3 Å². The monoisotopic (exact) mass is 226 g/mol. The van der Waals surface area contributed by atoms with Crippen molar-refractivity contribution < 1.29 is 9.18 Å². The van der Waals surface area contributed by atoms with Crippen LogP contribution in [0.2, 0.25) is 0 Å². The zero-order chi connectivity index (χ0) is 12.0. The summed E-state index contributed by atoms with van der Waals surface area (Å²) in [5, 5.41) is 3.16. The fourth-order valence-electron chi connectivity index (χ4n) is 1.99. The number of carbonyl (C=O) groups excluding carboxylic acids is 1. The summed E-state index contributed by atoms with van der Waals surface area (Å²) in [6.45, 7) is 5.78. The zero-order valence-corrected chi connectivity index (χ0v) is 9.98. The molecule has 1 heterocycles. The second-order valence-corrected chi connectivity index (χ2v) is 4.27. The first-order chi connectivity index (χ1) is 7.67. The van der Waals surface area contributed by atoms with Gasteiger partial charge in [0.25, 0.3) is 5.91 Å². The Labute approximate surface area is 96.4 Å². The van der Waals surface area contributed by atoms with E-state index in [9.17, 15) is 9.18 Å². The van der Waals surface area contributed by atoms with Crippen LogP contribution in [0.5, 0.6) is 0 Å². The van der Waals surface area contributed by atoms with Crippen molar-refractivity contribution in [3.05, 3.63) is 0 Å². The highest BCUT2D eigenvalue weighted by atomic mass is 19.1. The van der Waals surface area contributed by atoms with Crippen LogP contribution in [0.1, 0.15) is 20.3 Å². The van der Waals surface area contributed by atoms with E-state index in [1.807, 2.05) is 6.92 Å². The molecule has 0 unspecified atom stereocenters. The third kappa shape index (κ3) is 2.96. The number of carbonyl (C=O) groups is 1. The van der Waals surface area contributed by atoms with Crippen LogP contribution in [-0.2, 0) is 4.79 Å². The first kappa shape index (κ1) is 13.0. The summed E-state index contributed by atoms with van der Waals surface area (Å²) >= 11 is 0. The molecule has 3 nitrogen and oxygen atoms in total. The molecule has 0 aromatic carbocycles. The lowest BCUT2D eigenvalue weighted by Crippen LogP contribution is -2.39. The highest BCUT2D eigenvalue weighted by Crippen LogP contribution is 2.30. The van der Waals surface area contributed by atoms with E-state index in [1.54, 1.807) is 11.8 Å². The maximum Gasteiger partial charge on any atom is 0.298 e. The molecule has 1 N–H and O–H groups in total. The van der Waals surface area contributed by atoms with Crippen molar-refractivity contribution in [2.45, 2.75) is 20.3 Å². The van der Waals surface area contributed by atoms with Crippen LogP contribution in [0.4, 0.5) is 4.39 Å². The lowest BCUT2D eigenvalue weighted by atomic mass is 9.89. The topological polar surface area (TPSA) is 32.3 Å². The molecule has 1 aliphatic rings. The number of likely N-dealkylation sites (tertiary alicyclic amines) is 1. The standard InChI is InChI=1S/C12H19FN2O/c1-3-5-11(16)15-7-6-12(8-13,10-15)9-14-4-2/h14H,4,6-10H2,1-2H3/t12-/m0/s1. The maximum absolute atomic E-state index is 13.1. The molecule has 1 saturated heterocycles. The van der Waals surface area contributed by atoms with Crippen LogP contribution < -0.4 is 5.32 Å². The summed E-state index contributed by atoms with van der Waals surface area (Å²) in [6, 6.07) is 0. The summed E-state index contributed by atoms with van der Waals surface area (Å²) in [6.07, 6.45) is 0.716. The lowest BCUT2D eigenvalue weighted by molar-refractivity contribution is -0.124. The molecular weight excluding hydrogens is 207 g/mol. The van der Waals surface area contributed by atoms with Gasteiger partial charge in [0, 0.05) is 25.0 Å². The number of alkyl halides is 1. The smallest absolute Gasteiger partial charge is 0.298 e. The number of amides is 1. The summed E-state index contributed by atoms with van der Waals surface area (Å²) < 4.78 is 13.1. The first-order valence-electron chi connectivity index (χ1n) is 5.66. The highest BCUT2D eigenvalue weighted by molar-refractivity contribution is 5.93. The Kier molecular flexibility index (Phi) is 4.75. The van der Waals surface area contributed by atoms with Crippen molar-refractivity contribution in [3.63, 3.8) is 0 Å². The molecule has 4 heteroatoms. The number of halogens is 1. The Hall–Kier alpha value is -1.08. The van der Waals surface area contributed by atoms with Crippen molar-refractivity contribution in [2.75, 3.05) is 32.9 Å². The van der Waals surface area contributed by atoms with Crippen molar-refractivity contribution in [1.29, 1.82) is 0 Å². The largest absolute Gasteiger partial charge is 0.331 e. The first-order valence-corrected chi connectivity index (χ1v) is 5.66. The molecule has 1 amide bonds. The molecule has 16 heavy (non-hydrogen) atoms. The molecule has 90 valence electrons. The average molecular weight is 226 g/mol. The fourth-order valence-corrected chi connectivity index (χ4v) is 1.99. The Bertz CT molecular complexity index is 308. The van der Waals surface area contributed by atoms with Gasteiger partial charge >= 0.3 is 0 Å². The number of rotatable bonds is 4. The summed E-state index contributed by atoms with van der Waals surface area (Å²) in [5.41, 5.74) is -0.402. The minimum absolute atomic E-state index is 0.186. The van der Waals surface area contributed by atoms with E-state index in [-0.39, 0.29) is 12.6 Å². The van der Waals surface area contributed by atoms with Gasteiger partial charge in [0.1, 0.15) is 0 Å². The van der Waals surface area contributed by atoms with E-state index in [0.29, 0.717) is 26.1 Å².